The van der Waals surface area contributed by atoms with Crippen molar-refractivity contribution in [1.82, 2.24) is 0 Å². The average molecular weight is 227 g/mol. The lowest BCUT2D eigenvalue weighted by Crippen LogP contribution is -2.27. The molecule has 0 aliphatic carbocycles. The largest absolute Gasteiger partial charge is 0.393 e. The minimum absolute atomic E-state index is 0.0389. The lowest BCUT2D eigenvalue weighted by atomic mass is 10.0. The highest BCUT2D eigenvalue weighted by Gasteiger charge is 2.27. The molecule has 0 aromatic heterocycles. The normalized spacial score (nSPS) is 14.4. The molecule has 7 nitrogen and oxygen atoms in total. The summed E-state index contributed by atoms with van der Waals surface area (Å²) in [7, 11) is 0. The van der Waals surface area contributed by atoms with Gasteiger partial charge in [0.05, 0.1) is 16.6 Å². The number of aliphatic hydroxyl groups excluding tert-OH is 2. The molecule has 0 spiro atoms. The first-order valence-electron chi connectivity index (χ1n) is 4.58. The van der Waals surface area contributed by atoms with Crippen molar-refractivity contribution in [2.75, 3.05) is 12.3 Å². The number of anilines is 1. The summed E-state index contributed by atoms with van der Waals surface area (Å²) in [5.74, 6) is 0. The molecular weight excluding hydrogens is 214 g/mol. The van der Waals surface area contributed by atoms with Gasteiger partial charge in [0.15, 0.2) is 0 Å². The fraction of sp³-hybridized carbons (Fsp3) is 0.333. The van der Waals surface area contributed by atoms with Crippen molar-refractivity contribution in [2.45, 2.75) is 12.2 Å². The van der Waals surface area contributed by atoms with E-state index in [9.17, 15) is 20.3 Å². The third-order valence-corrected chi connectivity index (χ3v) is 2.21. The summed E-state index contributed by atoms with van der Waals surface area (Å²) < 4.78 is 0. The van der Waals surface area contributed by atoms with Gasteiger partial charge in [-0.05, 0) is 12.1 Å². The van der Waals surface area contributed by atoms with Crippen LogP contribution >= 0.6 is 0 Å². The summed E-state index contributed by atoms with van der Waals surface area (Å²) in [6.07, 6.45) is -2.69. The number of nitro groups is 1. The smallest absolute Gasteiger partial charge is 0.297 e. The Balaban J connectivity index is 3.22. The highest BCUT2D eigenvalue weighted by atomic mass is 16.6. The highest BCUT2D eigenvalue weighted by Crippen LogP contribution is 2.31. The Kier molecular flexibility index (Phi) is 3.78. The molecule has 16 heavy (non-hydrogen) atoms. The fourth-order valence-corrected chi connectivity index (χ4v) is 1.37. The number of rotatable bonds is 4. The van der Waals surface area contributed by atoms with Gasteiger partial charge in [-0.3, -0.25) is 10.1 Å². The van der Waals surface area contributed by atoms with Crippen LogP contribution in [0.3, 0.4) is 0 Å². The molecule has 0 bridgehead atoms. The van der Waals surface area contributed by atoms with Crippen LogP contribution in [0.5, 0.6) is 0 Å². The number of nitro benzene ring substituents is 1. The maximum absolute atomic E-state index is 10.8. The zero-order chi connectivity index (χ0) is 12.3. The summed E-state index contributed by atoms with van der Waals surface area (Å²) in [5.41, 5.74) is 10.1. The van der Waals surface area contributed by atoms with Crippen molar-refractivity contribution in [3.8, 4) is 0 Å². The van der Waals surface area contributed by atoms with Crippen molar-refractivity contribution in [3.63, 3.8) is 0 Å². The topological polar surface area (TPSA) is 136 Å². The van der Waals surface area contributed by atoms with Gasteiger partial charge < -0.3 is 21.7 Å². The highest BCUT2D eigenvalue weighted by molar-refractivity contribution is 5.63. The Hall–Kier alpha value is -1.70. The predicted octanol–water partition coefficient (Wildman–Crippen LogP) is -0.470. The van der Waals surface area contributed by atoms with Crippen molar-refractivity contribution < 1.29 is 15.1 Å². The zero-order valence-electron chi connectivity index (χ0n) is 8.41. The molecule has 2 atom stereocenters. The van der Waals surface area contributed by atoms with E-state index >= 15 is 0 Å². The standard InChI is InChI=1S/C9H13N3O4/c10-4-7(13)9(14)5-2-1-3-6(11)8(5)12(15)16/h1-3,7,9,13-14H,4,10-11H2. The Morgan fingerprint density at radius 3 is 2.56 bits per heavy atom. The van der Waals surface area contributed by atoms with Gasteiger partial charge in [-0.25, -0.2) is 0 Å². The monoisotopic (exact) mass is 227 g/mol. The first-order valence-corrected chi connectivity index (χ1v) is 4.58. The number of nitrogen functional groups attached to an aromatic ring is 1. The number of benzene rings is 1. The summed E-state index contributed by atoms with van der Waals surface area (Å²) in [4.78, 5) is 10.1. The van der Waals surface area contributed by atoms with E-state index in [0.29, 0.717) is 0 Å². The average Bonchev–Trinajstić information content (AvgIpc) is 2.26. The summed E-state index contributed by atoms with van der Waals surface area (Å²) in [6, 6.07) is 4.14. The van der Waals surface area contributed by atoms with E-state index in [1.54, 1.807) is 0 Å². The molecule has 0 heterocycles. The second kappa shape index (κ2) is 4.88. The van der Waals surface area contributed by atoms with Gasteiger partial charge >= 0.3 is 0 Å². The molecule has 1 aromatic rings. The second-order valence-corrected chi connectivity index (χ2v) is 3.29. The number of nitrogens with two attached hydrogens (primary N) is 2. The van der Waals surface area contributed by atoms with E-state index in [0.717, 1.165) is 0 Å². The lowest BCUT2D eigenvalue weighted by Gasteiger charge is -2.16. The molecule has 1 rings (SSSR count). The molecule has 2 unspecified atom stereocenters. The molecule has 7 heteroatoms. The van der Waals surface area contributed by atoms with E-state index in [1.165, 1.54) is 18.2 Å². The molecule has 6 N–H and O–H groups in total. The molecule has 88 valence electrons. The molecular formula is C9H13N3O4. The molecule has 0 saturated heterocycles. The van der Waals surface area contributed by atoms with Crippen molar-refractivity contribution in [1.29, 1.82) is 0 Å². The van der Waals surface area contributed by atoms with Crippen LogP contribution in [0.2, 0.25) is 0 Å². The van der Waals surface area contributed by atoms with Crippen LogP contribution in [0.1, 0.15) is 11.7 Å². The van der Waals surface area contributed by atoms with Crippen LogP contribution in [-0.2, 0) is 0 Å². The SMILES string of the molecule is NCC(O)C(O)c1cccc(N)c1[N+](=O)[O-]. The van der Waals surface area contributed by atoms with Gasteiger partial charge in [-0.1, -0.05) is 6.07 Å². The molecule has 0 amide bonds. The van der Waals surface area contributed by atoms with Crippen molar-refractivity contribution in [3.05, 3.63) is 33.9 Å². The van der Waals surface area contributed by atoms with E-state index in [1.807, 2.05) is 0 Å². The fourth-order valence-electron chi connectivity index (χ4n) is 1.37. The Morgan fingerprint density at radius 1 is 1.44 bits per heavy atom. The van der Waals surface area contributed by atoms with E-state index < -0.39 is 22.8 Å². The van der Waals surface area contributed by atoms with Crippen molar-refractivity contribution in [2.24, 2.45) is 5.73 Å². The maximum atomic E-state index is 10.8. The van der Waals surface area contributed by atoms with Crippen LogP contribution in [0.15, 0.2) is 18.2 Å². The number of hydrogen-bond acceptors (Lipinski definition) is 6. The third kappa shape index (κ3) is 2.27. The van der Waals surface area contributed by atoms with Gasteiger partial charge in [-0.15, -0.1) is 0 Å². The number of nitrogens with zero attached hydrogens (tertiary/aromatic N) is 1. The maximum Gasteiger partial charge on any atom is 0.297 e. The van der Waals surface area contributed by atoms with E-state index in [4.69, 9.17) is 11.5 Å². The number of aliphatic hydroxyl groups is 2. The first kappa shape index (κ1) is 12.4. The second-order valence-electron chi connectivity index (χ2n) is 3.29. The first-order chi connectivity index (χ1) is 7.49. The van der Waals surface area contributed by atoms with Crippen LogP contribution < -0.4 is 11.5 Å². The van der Waals surface area contributed by atoms with Crippen LogP contribution in [0.4, 0.5) is 11.4 Å². The molecule has 0 radical (unpaired) electrons. The molecule has 0 aliphatic heterocycles. The van der Waals surface area contributed by atoms with Gasteiger partial charge in [-0.2, -0.15) is 0 Å². The van der Waals surface area contributed by atoms with Crippen LogP contribution in [0.25, 0.3) is 0 Å². The summed E-state index contributed by atoms with van der Waals surface area (Å²) in [6.45, 7) is -0.201. The molecule has 0 aliphatic rings. The van der Waals surface area contributed by atoms with E-state index in [2.05, 4.69) is 0 Å². The van der Waals surface area contributed by atoms with Gasteiger partial charge in [0.1, 0.15) is 11.8 Å². The predicted molar refractivity (Wildman–Crippen MR) is 57.5 cm³/mol. The quantitative estimate of drug-likeness (QED) is 0.312. The minimum Gasteiger partial charge on any atom is -0.393 e. The zero-order valence-corrected chi connectivity index (χ0v) is 8.41. The minimum atomic E-state index is -1.42. The summed E-state index contributed by atoms with van der Waals surface area (Å²) >= 11 is 0. The van der Waals surface area contributed by atoms with Gasteiger partial charge in [0.25, 0.3) is 5.69 Å². The Labute approximate surface area is 91.4 Å². The van der Waals surface area contributed by atoms with E-state index in [-0.39, 0.29) is 17.8 Å². The van der Waals surface area contributed by atoms with Gasteiger partial charge in [0, 0.05) is 6.54 Å². The van der Waals surface area contributed by atoms with Crippen molar-refractivity contribution >= 4 is 11.4 Å². The van der Waals surface area contributed by atoms with Crippen LogP contribution in [0, 0.1) is 10.1 Å². The molecule has 0 fully saturated rings. The molecule has 0 saturated carbocycles. The Morgan fingerprint density at radius 2 is 2.06 bits per heavy atom. The number of hydrogen-bond donors (Lipinski definition) is 4. The summed E-state index contributed by atoms with van der Waals surface area (Å²) in [5, 5.41) is 29.8. The molecule has 1 aromatic carbocycles. The van der Waals surface area contributed by atoms with Gasteiger partial charge in [0.2, 0.25) is 0 Å². The third-order valence-electron chi connectivity index (χ3n) is 2.21. The number of para-hydroxylation sites is 1. The lowest BCUT2D eigenvalue weighted by molar-refractivity contribution is -0.385. The Bertz CT molecular complexity index is 396. The van der Waals surface area contributed by atoms with Crippen LogP contribution in [-0.4, -0.2) is 27.8 Å².